The summed E-state index contributed by atoms with van der Waals surface area (Å²) >= 11 is 0. The summed E-state index contributed by atoms with van der Waals surface area (Å²) in [7, 11) is 0. The van der Waals surface area contributed by atoms with E-state index in [0.29, 0.717) is 12.2 Å². The molecule has 0 saturated heterocycles. The Kier molecular flexibility index (Phi) is 4.62. The van der Waals surface area contributed by atoms with Crippen molar-refractivity contribution < 1.29 is 4.74 Å². The van der Waals surface area contributed by atoms with Gasteiger partial charge in [0.25, 0.3) is 0 Å². The van der Waals surface area contributed by atoms with E-state index >= 15 is 0 Å². The van der Waals surface area contributed by atoms with Gasteiger partial charge in [0, 0.05) is 11.6 Å². The highest BCUT2D eigenvalue weighted by molar-refractivity contribution is 5.40. The van der Waals surface area contributed by atoms with E-state index in [1.807, 2.05) is 57.2 Å². The maximum atomic E-state index is 8.89. The number of hydrogen-bond acceptors (Lipinski definition) is 3. The van der Waals surface area contributed by atoms with Gasteiger partial charge >= 0.3 is 0 Å². The molecule has 0 fully saturated rings. The zero-order valence-electron chi connectivity index (χ0n) is 12.7. The lowest BCUT2D eigenvalue weighted by Crippen LogP contribution is -2.08. The molecule has 0 spiro atoms. The maximum absolute atomic E-state index is 8.89. The molecule has 0 aliphatic heterocycles. The van der Waals surface area contributed by atoms with Crippen molar-refractivity contribution in [2.45, 2.75) is 33.4 Å². The van der Waals surface area contributed by atoms with Crippen molar-refractivity contribution in [3.05, 3.63) is 64.2 Å². The second-order valence-corrected chi connectivity index (χ2v) is 5.37. The van der Waals surface area contributed by atoms with Crippen molar-refractivity contribution in [2.75, 3.05) is 0 Å². The molecule has 2 aromatic rings. The molecule has 0 saturated carbocycles. The molecule has 0 aromatic heterocycles. The van der Waals surface area contributed by atoms with Crippen LogP contribution in [0.25, 0.3) is 0 Å². The van der Waals surface area contributed by atoms with E-state index < -0.39 is 0 Å². The van der Waals surface area contributed by atoms with Crippen LogP contribution in [0.2, 0.25) is 0 Å². The fraction of sp³-hybridized carbons (Fsp3) is 0.278. The van der Waals surface area contributed by atoms with Crippen LogP contribution in [0.3, 0.4) is 0 Å². The maximum Gasteiger partial charge on any atom is 0.124 e. The molecule has 3 heteroatoms. The Hall–Kier alpha value is -2.31. The van der Waals surface area contributed by atoms with Crippen LogP contribution in [-0.4, -0.2) is 0 Å². The summed E-state index contributed by atoms with van der Waals surface area (Å²) in [5.41, 5.74) is 10.9. The molecule has 108 valence electrons. The van der Waals surface area contributed by atoms with Gasteiger partial charge in [-0.3, -0.25) is 0 Å². The molecule has 3 nitrogen and oxygen atoms in total. The van der Waals surface area contributed by atoms with Gasteiger partial charge < -0.3 is 10.5 Å². The monoisotopic (exact) mass is 280 g/mol. The van der Waals surface area contributed by atoms with Crippen molar-refractivity contribution in [3.8, 4) is 11.8 Å². The lowest BCUT2D eigenvalue weighted by Gasteiger charge is -2.15. The number of ether oxygens (including phenoxy) is 1. The summed E-state index contributed by atoms with van der Waals surface area (Å²) in [6, 6.07) is 13.8. The number of nitrogens with zero attached hydrogens (tertiary/aromatic N) is 1. The molecule has 0 radical (unpaired) electrons. The van der Waals surface area contributed by atoms with E-state index in [1.54, 1.807) is 0 Å². The highest BCUT2D eigenvalue weighted by atomic mass is 16.5. The zero-order valence-corrected chi connectivity index (χ0v) is 12.7. The molecule has 1 unspecified atom stereocenters. The topological polar surface area (TPSA) is 59.0 Å². The van der Waals surface area contributed by atoms with Crippen LogP contribution in [0.15, 0.2) is 36.4 Å². The van der Waals surface area contributed by atoms with Gasteiger partial charge in [0.15, 0.2) is 0 Å². The van der Waals surface area contributed by atoms with Crippen molar-refractivity contribution in [2.24, 2.45) is 5.73 Å². The second kappa shape index (κ2) is 6.43. The highest BCUT2D eigenvalue weighted by Crippen LogP contribution is 2.26. The normalized spacial score (nSPS) is 11.8. The van der Waals surface area contributed by atoms with Crippen LogP contribution in [0.5, 0.6) is 5.75 Å². The summed E-state index contributed by atoms with van der Waals surface area (Å²) in [5, 5.41) is 8.89. The first kappa shape index (κ1) is 15.1. The van der Waals surface area contributed by atoms with Gasteiger partial charge in [-0.2, -0.15) is 5.26 Å². The molecule has 0 aliphatic rings. The fourth-order valence-corrected chi connectivity index (χ4v) is 2.23. The predicted molar refractivity (Wildman–Crippen MR) is 84.0 cm³/mol. The first-order valence-electron chi connectivity index (χ1n) is 7.00. The SMILES string of the molecule is Cc1ccc(C(C)N)c(OCc2ccc(C#N)cc2C)c1. The fourth-order valence-electron chi connectivity index (χ4n) is 2.23. The van der Waals surface area contributed by atoms with E-state index in [0.717, 1.165) is 28.0 Å². The summed E-state index contributed by atoms with van der Waals surface area (Å²) in [6.45, 7) is 6.44. The highest BCUT2D eigenvalue weighted by Gasteiger charge is 2.09. The van der Waals surface area contributed by atoms with Crippen LogP contribution in [0.4, 0.5) is 0 Å². The molecule has 0 heterocycles. The summed E-state index contributed by atoms with van der Waals surface area (Å²) in [4.78, 5) is 0. The van der Waals surface area contributed by atoms with Crippen molar-refractivity contribution >= 4 is 0 Å². The molecule has 0 aliphatic carbocycles. The van der Waals surface area contributed by atoms with Gasteiger partial charge in [-0.1, -0.05) is 18.2 Å². The Morgan fingerprint density at radius 1 is 1.19 bits per heavy atom. The van der Waals surface area contributed by atoms with Gasteiger partial charge in [-0.05, 0) is 55.7 Å². The first-order chi connectivity index (χ1) is 10.0. The largest absolute Gasteiger partial charge is 0.489 e. The van der Waals surface area contributed by atoms with Gasteiger partial charge in [0.1, 0.15) is 12.4 Å². The van der Waals surface area contributed by atoms with Gasteiger partial charge in [0.2, 0.25) is 0 Å². The smallest absolute Gasteiger partial charge is 0.124 e. The molecule has 2 rings (SSSR count). The van der Waals surface area contributed by atoms with Gasteiger partial charge in [0.05, 0.1) is 11.6 Å². The molecule has 21 heavy (non-hydrogen) atoms. The van der Waals surface area contributed by atoms with Crippen LogP contribution in [0, 0.1) is 25.2 Å². The summed E-state index contributed by atoms with van der Waals surface area (Å²) in [5.74, 6) is 0.828. The van der Waals surface area contributed by atoms with Crippen molar-refractivity contribution in [1.29, 1.82) is 5.26 Å². The average Bonchev–Trinajstić information content (AvgIpc) is 2.45. The minimum atomic E-state index is -0.0670. The zero-order chi connectivity index (χ0) is 15.4. The number of benzene rings is 2. The molecule has 1 atom stereocenters. The Morgan fingerprint density at radius 3 is 2.57 bits per heavy atom. The number of rotatable bonds is 4. The van der Waals surface area contributed by atoms with Gasteiger partial charge in [-0.25, -0.2) is 0 Å². The summed E-state index contributed by atoms with van der Waals surface area (Å²) < 4.78 is 5.96. The third kappa shape index (κ3) is 3.62. The molecule has 0 amide bonds. The third-order valence-electron chi connectivity index (χ3n) is 3.51. The Morgan fingerprint density at radius 2 is 1.95 bits per heavy atom. The minimum absolute atomic E-state index is 0.0670. The molecule has 2 N–H and O–H groups in total. The van der Waals surface area contributed by atoms with Crippen LogP contribution >= 0.6 is 0 Å². The number of hydrogen-bond donors (Lipinski definition) is 1. The van der Waals surface area contributed by atoms with Crippen LogP contribution < -0.4 is 10.5 Å². The van der Waals surface area contributed by atoms with E-state index in [1.165, 1.54) is 0 Å². The van der Waals surface area contributed by atoms with E-state index in [-0.39, 0.29) is 6.04 Å². The molecular weight excluding hydrogens is 260 g/mol. The molecule has 2 aromatic carbocycles. The van der Waals surface area contributed by atoms with Crippen LogP contribution in [0.1, 0.15) is 40.8 Å². The van der Waals surface area contributed by atoms with Gasteiger partial charge in [-0.15, -0.1) is 0 Å². The standard InChI is InChI=1S/C18H20N2O/c1-12-4-7-17(14(3)20)18(8-12)21-11-16-6-5-15(10-19)9-13(16)2/h4-9,14H,11,20H2,1-3H3. The lowest BCUT2D eigenvalue weighted by atomic mass is 10.0. The quantitative estimate of drug-likeness (QED) is 0.927. The van der Waals surface area contributed by atoms with Crippen LogP contribution in [-0.2, 0) is 6.61 Å². The third-order valence-corrected chi connectivity index (χ3v) is 3.51. The Bertz CT molecular complexity index is 684. The predicted octanol–water partition coefficient (Wildman–Crippen LogP) is 3.77. The number of nitrogens with two attached hydrogens (primary N) is 1. The number of nitriles is 1. The number of aryl methyl sites for hydroxylation is 2. The van der Waals surface area contributed by atoms with E-state index in [4.69, 9.17) is 15.7 Å². The summed E-state index contributed by atoms with van der Waals surface area (Å²) in [6.07, 6.45) is 0. The Labute approximate surface area is 126 Å². The van der Waals surface area contributed by atoms with Crippen molar-refractivity contribution in [1.82, 2.24) is 0 Å². The molecule has 0 bridgehead atoms. The lowest BCUT2D eigenvalue weighted by molar-refractivity contribution is 0.300. The van der Waals surface area contributed by atoms with E-state index in [9.17, 15) is 0 Å². The van der Waals surface area contributed by atoms with Crippen molar-refractivity contribution in [3.63, 3.8) is 0 Å². The average molecular weight is 280 g/mol. The minimum Gasteiger partial charge on any atom is -0.489 e. The Balaban J connectivity index is 2.20. The molecular formula is C18H20N2O. The van der Waals surface area contributed by atoms with E-state index in [2.05, 4.69) is 6.07 Å². The first-order valence-corrected chi connectivity index (χ1v) is 7.00. The second-order valence-electron chi connectivity index (χ2n) is 5.37.